The van der Waals surface area contributed by atoms with Crippen molar-refractivity contribution >= 4 is 17.5 Å². The van der Waals surface area contributed by atoms with Crippen molar-refractivity contribution in [3.63, 3.8) is 0 Å². The Bertz CT molecular complexity index is 883. The highest BCUT2D eigenvalue weighted by molar-refractivity contribution is 5.97. The molecular weight excluding hydrogens is 374 g/mol. The number of likely N-dealkylation sites (tertiary alicyclic amines) is 2. The molecule has 5 nitrogen and oxygen atoms in total. The summed E-state index contributed by atoms with van der Waals surface area (Å²) in [6.07, 6.45) is 4.34. The maximum atomic E-state index is 12.6. The van der Waals surface area contributed by atoms with E-state index < -0.39 is 0 Å². The van der Waals surface area contributed by atoms with Crippen LogP contribution in [0, 0.1) is 6.92 Å². The minimum Gasteiger partial charge on any atom is -0.339 e. The number of hydrogen-bond acceptors (Lipinski definition) is 3. The van der Waals surface area contributed by atoms with Gasteiger partial charge >= 0.3 is 0 Å². The van der Waals surface area contributed by atoms with Crippen molar-refractivity contribution in [1.29, 1.82) is 0 Å². The van der Waals surface area contributed by atoms with Gasteiger partial charge in [0.15, 0.2) is 0 Å². The molecule has 1 N–H and O–H groups in total. The minimum absolute atomic E-state index is 0.00915. The highest BCUT2D eigenvalue weighted by atomic mass is 16.2. The van der Waals surface area contributed by atoms with E-state index in [1.165, 1.54) is 5.56 Å². The van der Waals surface area contributed by atoms with Gasteiger partial charge < -0.3 is 10.2 Å². The average Bonchev–Trinajstić information content (AvgIpc) is 3.31. The second-order valence-electron chi connectivity index (χ2n) is 8.54. The van der Waals surface area contributed by atoms with Crippen molar-refractivity contribution in [2.24, 2.45) is 0 Å². The predicted octanol–water partition coefficient (Wildman–Crippen LogP) is 4.05. The van der Waals surface area contributed by atoms with Gasteiger partial charge in [-0.15, -0.1) is 0 Å². The summed E-state index contributed by atoms with van der Waals surface area (Å²) < 4.78 is 0. The smallest absolute Gasteiger partial charge is 0.253 e. The Morgan fingerprint density at radius 1 is 0.967 bits per heavy atom. The van der Waals surface area contributed by atoms with Crippen LogP contribution in [0.15, 0.2) is 48.5 Å². The van der Waals surface area contributed by atoms with Gasteiger partial charge in [-0.05, 0) is 80.9 Å². The number of hydrogen-bond donors (Lipinski definition) is 1. The van der Waals surface area contributed by atoms with E-state index >= 15 is 0 Å². The first-order valence-electron chi connectivity index (χ1n) is 11.1. The Morgan fingerprint density at radius 3 is 2.33 bits per heavy atom. The molecule has 0 bridgehead atoms. The summed E-state index contributed by atoms with van der Waals surface area (Å²) in [4.78, 5) is 29.3. The van der Waals surface area contributed by atoms with Crippen LogP contribution in [0.25, 0.3) is 0 Å². The molecule has 0 unspecified atom stereocenters. The fourth-order valence-corrected chi connectivity index (χ4v) is 4.58. The lowest BCUT2D eigenvalue weighted by molar-refractivity contribution is -0.117. The highest BCUT2D eigenvalue weighted by Gasteiger charge is 2.23. The molecule has 2 saturated heterocycles. The van der Waals surface area contributed by atoms with E-state index in [0.29, 0.717) is 18.0 Å². The average molecular weight is 406 g/mol. The molecule has 2 aliphatic heterocycles. The molecule has 0 atom stereocenters. The lowest BCUT2D eigenvalue weighted by Gasteiger charge is -2.31. The molecule has 4 rings (SSSR count). The van der Waals surface area contributed by atoms with Crippen molar-refractivity contribution in [3.05, 3.63) is 65.2 Å². The van der Waals surface area contributed by atoms with E-state index in [9.17, 15) is 9.59 Å². The number of carbonyl (C=O) groups excluding carboxylic acids is 2. The number of nitrogens with zero attached hydrogens (tertiary/aromatic N) is 2. The lowest BCUT2D eigenvalue weighted by Crippen LogP contribution is -2.38. The van der Waals surface area contributed by atoms with Gasteiger partial charge in [-0.1, -0.05) is 30.3 Å². The first kappa shape index (κ1) is 20.6. The van der Waals surface area contributed by atoms with Crippen LogP contribution in [0.5, 0.6) is 0 Å². The molecule has 158 valence electrons. The first-order chi connectivity index (χ1) is 14.6. The van der Waals surface area contributed by atoms with Crippen LogP contribution in [-0.2, 0) is 4.79 Å². The molecule has 2 amide bonds. The van der Waals surface area contributed by atoms with Crippen LogP contribution in [0.3, 0.4) is 0 Å². The van der Waals surface area contributed by atoms with Gasteiger partial charge in [-0.2, -0.15) is 0 Å². The predicted molar refractivity (Wildman–Crippen MR) is 120 cm³/mol. The van der Waals surface area contributed by atoms with Gasteiger partial charge in [0.05, 0.1) is 6.54 Å². The summed E-state index contributed by atoms with van der Waals surface area (Å²) in [6, 6.07) is 16.2. The van der Waals surface area contributed by atoms with E-state index in [2.05, 4.69) is 40.5 Å². The largest absolute Gasteiger partial charge is 0.339 e. The molecular formula is C25H31N3O2. The van der Waals surface area contributed by atoms with Gasteiger partial charge in [-0.25, -0.2) is 0 Å². The molecule has 5 heteroatoms. The second-order valence-corrected chi connectivity index (χ2v) is 8.54. The topological polar surface area (TPSA) is 52.7 Å². The van der Waals surface area contributed by atoms with Crippen LogP contribution < -0.4 is 5.32 Å². The number of benzene rings is 2. The molecule has 2 aromatic rings. The molecule has 0 aromatic heterocycles. The Kier molecular flexibility index (Phi) is 6.48. The second kappa shape index (κ2) is 9.43. The normalized spacial score (nSPS) is 17.8. The van der Waals surface area contributed by atoms with E-state index in [0.717, 1.165) is 63.1 Å². The molecule has 30 heavy (non-hydrogen) atoms. The summed E-state index contributed by atoms with van der Waals surface area (Å²) in [5.41, 5.74) is 3.82. The fraction of sp³-hybridized carbons (Fsp3) is 0.440. The summed E-state index contributed by atoms with van der Waals surface area (Å²) >= 11 is 0. The quantitative estimate of drug-likeness (QED) is 0.817. The molecule has 0 radical (unpaired) electrons. The van der Waals surface area contributed by atoms with Crippen LogP contribution in [0.2, 0.25) is 0 Å². The summed E-state index contributed by atoms with van der Waals surface area (Å²) in [5, 5.41) is 3.03. The monoisotopic (exact) mass is 405 g/mol. The number of piperidine rings is 1. The Balaban J connectivity index is 1.28. The summed E-state index contributed by atoms with van der Waals surface area (Å²) in [6.45, 7) is 5.93. The molecule has 2 heterocycles. The van der Waals surface area contributed by atoms with Crippen LogP contribution >= 0.6 is 0 Å². The SMILES string of the molecule is Cc1cc(C(=O)N2CCCC2)ccc1NC(=O)CN1CCC(c2ccccc2)CC1. The third kappa shape index (κ3) is 4.90. The van der Waals surface area contributed by atoms with Crippen LogP contribution in [0.4, 0.5) is 5.69 Å². The van der Waals surface area contributed by atoms with Crippen LogP contribution in [-0.4, -0.2) is 54.3 Å². The van der Waals surface area contributed by atoms with Gasteiger partial charge in [0, 0.05) is 24.3 Å². The van der Waals surface area contributed by atoms with Crippen molar-refractivity contribution in [2.45, 2.75) is 38.5 Å². The Hall–Kier alpha value is -2.66. The zero-order valence-electron chi connectivity index (χ0n) is 17.8. The van der Waals surface area contributed by atoms with Gasteiger partial charge in [0.25, 0.3) is 5.91 Å². The number of anilines is 1. The van der Waals surface area contributed by atoms with E-state index in [1.807, 2.05) is 30.0 Å². The number of rotatable bonds is 5. The molecule has 0 spiro atoms. The van der Waals surface area contributed by atoms with Gasteiger partial charge in [-0.3, -0.25) is 14.5 Å². The molecule has 2 fully saturated rings. The summed E-state index contributed by atoms with van der Waals surface area (Å²) in [7, 11) is 0. The van der Waals surface area contributed by atoms with Crippen LogP contribution in [0.1, 0.15) is 53.1 Å². The van der Waals surface area contributed by atoms with Crippen molar-refractivity contribution in [3.8, 4) is 0 Å². The van der Waals surface area contributed by atoms with Gasteiger partial charge in [0.2, 0.25) is 5.91 Å². The maximum Gasteiger partial charge on any atom is 0.253 e. The molecule has 0 aliphatic carbocycles. The van der Waals surface area contributed by atoms with Crippen molar-refractivity contribution in [1.82, 2.24) is 9.80 Å². The molecule has 0 saturated carbocycles. The van der Waals surface area contributed by atoms with E-state index in [-0.39, 0.29) is 11.8 Å². The van der Waals surface area contributed by atoms with E-state index in [4.69, 9.17) is 0 Å². The third-order valence-corrected chi connectivity index (χ3v) is 6.37. The molecule has 2 aliphatic rings. The molecule has 2 aromatic carbocycles. The standard InChI is InChI=1S/C25H31N3O2/c1-19-17-22(25(30)28-13-5-6-14-28)9-10-23(19)26-24(29)18-27-15-11-21(12-16-27)20-7-3-2-4-8-20/h2-4,7-10,17,21H,5-6,11-16,18H2,1H3,(H,26,29). The number of aryl methyl sites for hydroxylation is 1. The van der Waals surface area contributed by atoms with Gasteiger partial charge in [0.1, 0.15) is 0 Å². The van der Waals surface area contributed by atoms with E-state index in [1.54, 1.807) is 0 Å². The number of carbonyl (C=O) groups is 2. The minimum atomic E-state index is 0.00915. The van der Waals surface area contributed by atoms with Crippen molar-refractivity contribution in [2.75, 3.05) is 38.0 Å². The zero-order chi connectivity index (χ0) is 20.9. The Labute approximate surface area is 179 Å². The zero-order valence-corrected chi connectivity index (χ0v) is 17.8. The highest BCUT2D eigenvalue weighted by Crippen LogP contribution is 2.27. The third-order valence-electron chi connectivity index (χ3n) is 6.37. The van der Waals surface area contributed by atoms with Crippen molar-refractivity contribution < 1.29 is 9.59 Å². The maximum absolute atomic E-state index is 12.6. The Morgan fingerprint density at radius 2 is 1.67 bits per heavy atom. The number of nitrogens with one attached hydrogen (secondary N) is 1. The number of amides is 2. The summed E-state index contributed by atoms with van der Waals surface area (Å²) in [5.74, 6) is 0.693. The first-order valence-corrected chi connectivity index (χ1v) is 11.1. The lowest BCUT2D eigenvalue weighted by atomic mass is 9.89. The fourth-order valence-electron chi connectivity index (χ4n) is 4.58.